The standard InChI is InChI=1S/C25H31NO4S/c1-16(2)22(17-11-13-18(14-12-17)25(3,4)5)26-24(27)23-20(15-31(6,28)29)19-9-7-8-10-21(19)30-23/h7-14,16,22H,15H2,1-6H3,(H,26,27). The van der Waals surface area contributed by atoms with Crippen LogP contribution in [0.4, 0.5) is 0 Å². The predicted octanol–water partition coefficient (Wildman–Crippen LogP) is 5.40. The molecule has 0 aliphatic rings. The van der Waals surface area contributed by atoms with Crippen LogP contribution in [0.5, 0.6) is 0 Å². The van der Waals surface area contributed by atoms with Gasteiger partial charge in [-0.15, -0.1) is 0 Å². The largest absolute Gasteiger partial charge is 0.451 e. The van der Waals surface area contributed by atoms with E-state index in [2.05, 4.69) is 38.2 Å². The molecule has 1 atom stereocenters. The van der Waals surface area contributed by atoms with E-state index in [-0.39, 0.29) is 28.9 Å². The van der Waals surface area contributed by atoms with Crippen LogP contribution in [0.2, 0.25) is 0 Å². The van der Waals surface area contributed by atoms with Gasteiger partial charge in [-0.3, -0.25) is 4.79 Å². The molecule has 3 rings (SSSR count). The molecule has 1 aromatic heterocycles. The van der Waals surface area contributed by atoms with E-state index in [9.17, 15) is 13.2 Å². The van der Waals surface area contributed by atoms with Gasteiger partial charge in [-0.05, 0) is 28.5 Å². The maximum atomic E-state index is 13.2. The SMILES string of the molecule is CC(C)C(NC(=O)c1oc2ccccc2c1CS(C)(=O)=O)c1ccc(C(C)(C)C)cc1. The minimum Gasteiger partial charge on any atom is -0.451 e. The van der Waals surface area contributed by atoms with E-state index in [0.29, 0.717) is 16.5 Å². The molecule has 166 valence electrons. The Balaban J connectivity index is 1.96. The highest BCUT2D eigenvalue weighted by Crippen LogP contribution is 2.30. The van der Waals surface area contributed by atoms with Crippen LogP contribution in [0.15, 0.2) is 52.9 Å². The lowest BCUT2D eigenvalue weighted by atomic mass is 9.85. The summed E-state index contributed by atoms with van der Waals surface area (Å²) in [6.45, 7) is 10.6. The molecule has 0 radical (unpaired) electrons. The molecule has 3 aromatic rings. The highest BCUT2D eigenvalue weighted by atomic mass is 32.2. The Kier molecular flexibility index (Phi) is 6.33. The summed E-state index contributed by atoms with van der Waals surface area (Å²) in [6.07, 6.45) is 1.16. The number of para-hydroxylation sites is 1. The number of carbonyl (C=O) groups is 1. The lowest BCUT2D eigenvalue weighted by Gasteiger charge is -2.24. The molecule has 0 saturated heterocycles. The molecule has 1 heterocycles. The van der Waals surface area contributed by atoms with E-state index in [1.807, 2.05) is 26.0 Å². The van der Waals surface area contributed by atoms with Crippen molar-refractivity contribution in [1.82, 2.24) is 5.32 Å². The topological polar surface area (TPSA) is 76.4 Å². The third kappa shape index (κ3) is 5.37. The zero-order chi connectivity index (χ0) is 23.0. The third-order valence-corrected chi connectivity index (χ3v) is 6.21. The van der Waals surface area contributed by atoms with Crippen molar-refractivity contribution in [2.45, 2.75) is 51.8 Å². The second kappa shape index (κ2) is 8.50. The molecule has 0 saturated carbocycles. The molecule has 6 heteroatoms. The molecule has 1 unspecified atom stereocenters. The first-order valence-electron chi connectivity index (χ1n) is 10.5. The molecule has 0 fully saturated rings. The van der Waals surface area contributed by atoms with E-state index in [1.54, 1.807) is 24.3 Å². The van der Waals surface area contributed by atoms with Crippen LogP contribution in [0.25, 0.3) is 11.0 Å². The van der Waals surface area contributed by atoms with Gasteiger partial charge in [0.05, 0.1) is 11.8 Å². The fourth-order valence-electron chi connectivity index (χ4n) is 3.72. The van der Waals surface area contributed by atoms with Gasteiger partial charge in [0.25, 0.3) is 5.91 Å². The minimum absolute atomic E-state index is 0.0456. The quantitative estimate of drug-likeness (QED) is 0.555. The van der Waals surface area contributed by atoms with E-state index >= 15 is 0 Å². The first-order valence-corrected chi connectivity index (χ1v) is 12.5. The summed E-state index contributed by atoms with van der Waals surface area (Å²) in [6, 6.07) is 15.2. The van der Waals surface area contributed by atoms with Crippen molar-refractivity contribution < 1.29 is 17.6 Å². The Morgan fingerprint density at radius 2 is 1.65 bits per heavy atom. The van der Waals surface area contributed by atoms with Gasteiger partial charge in [0.15, 0.2) is 15.6 Å². The summed E-state index contributed by atoms with van der Waals surface area (Å²) >= 11 is 0. The van der Waals surface area contributed by atoms with Crippen LogP contribution in [-0.2, 0) is 21.0 Å². The Bertz CT molecular complexity index is 1180. The molecule has 31 heavy (non-hydrogen) atoms. The average molecular weight is 442 g/mol. The maximum Gasteiger partial charge on any atom is 0.287 e. The molecule has 1 N–H and O–H groups in total. The van der Waals surface area contributed by atoms with Crippen LogP contribution in [0.1, 0.15) is 67.9 Å². The van der Waals surface area contributed by atoms with Crippen molar-refractivity contribution in [2.75, 3.05) is 6.26 Å². The monoisotopic (exact) mass is 441 g/mol. The van der Waals surface area contributed by atoms with Gasteiger partial charge < -0.3 is 9.73 Å². The summed E-state index contributed by atoms with van der Waals surface area (Å²) in [4.78, 5) is 13.2. The van der Waals surface area contributed by atoms with Gasteiger partial charge in [-0.2, -0.15) is 0 Å². The number of sulfone groups is 1. The smallest absolute Gasteiger partial charge is 0.287 e. The highest BCUT2D eigenvalue weighted by Gasteiger charge is 2.27. The first-order chi connectivity index (χ1) is 14.4. The van der Waals surface area contributed by atoms with Crippen molar-refractivity contribution in [1.29, 1.82) is 0 Å². The second-order valence-corrected chi connectivity index (χ2v) is 11.7. The van der Waals surface area contributed by atoms with Crippen molar-refractivity contribution >= 4 is 26.7 Å². The van der Waals surface area contributed by atoms with Crippen molar-refractivity contribution in [2.24, 2.45) is 5.92 Å². The van der Waals surface area contributed by atoms with Crippen molar-refractivity contribution in [3.63, 3.8) is 0 Å². The predicted molar refractivity (Wildman–Crippen MR) is 125 cm³/mol. The third-order valence-electron chi connectivity index (χ3n) is 5.40. The first kappa shape index (κ1) is 23.1. The molecule has 0 aliphatic heterocycles. The number of amides is 1. The fourth-order valence-corrected chi connectivity index (χ4v) is 4.53. The second-order valence-electron chi connectivity index (χ2n) is 9.54. The average Bonchev–Trinajstić information content (AvgIpc) is 3.02. The number of benzene rings is 2. The molecule has 1 amide bonds. The summed E-state index contributed by atoms with van der Waals surface area (Å²) in [5, 5.41) is 3.71. The summed E-state index contributed by atoms with van der Waals surface area (Å²) in [5.41, 5.74) is 3.17. The molecule has 0 aliphatic carbocycles. The normalized spacial score (nSPS) is 13.5. The lowest BCUT2D eigenvalue weighted by molar-refractivity contribution is 0.0898. The molecule has 2 aromatic carbocycles. The van der Waals surface area contributed by atoms with Crippen LogP contribution in [0, 0.1) is 5.92 Å². The van der Waals surface area contributed by atoms with E-state index in [1.165, 1.54) is 5.56 Å². The van der Waals surface area contributed by atoms with E-state index in [0.717, 1.165) is 11.8 Å². The highest BCUT2D eigenvalue weighted by molar-refractivity contribution is 7.89. The van der Waals surface area contributed by atoms with Gasteiger partial charge in [0, 0.05) is 17.2 Å². The zero-order valence-electron chi connectivity index (χ0n) is 19.0. The van der Waals surface area contributed by atoms with Crippen LogP contribution < -0.4 is 5.32 Å². The van der Waals surface area contributed by atoms with Gasteiger partial charge in [-0.25, -0.2) is 8.42 Å². The molecule has 5 nitrogen and oxygen atoms in total. The molecular weight excluding hydrogens is 410 g/mol. The number of carbonyl (C=O) groups excluding carboxylic acids is 1. The molecule has 0 bridgehead atoms. The van der Waals surface area contributed by atoms with Gasteiger partial charge >= 0.3 is 0 Å². The number of fused-ring (bicyclic) bond motifs is 1. The molecular formula is C25H31NO4S. The number of hydrogen-bond acceptors (Lipinski definition) is 4. The Morgan fingerprint density at radius 1 is 1.03 bits per heavy atom. The Labute approximate surface area is 184 Å². The van der Waals surface area contributed by atoms with Crippen LogP contribution >= 0.6 is 0 Å². The fraction of sp³-hybridized carbons (Fsp3) is 0.400. The van der Waals surface area contributed by atoms with Crippen molar-refractivity contribution in [3.05, 3.63) is 71.0 Å². The van der Waals surface area contributed by atoms with Gasteiger partial charge in [0.2, 0.25) is 0 Å². The number of furan rings is 1. The van der Waals surface area contributed by atoms with E-state index in [4.69, 9.17) is 4.42 Å². The van der Waals surface area contributed by atoms with Gasteiger partial charge in [0.1, 0.15) is 5.58 Å². The Morgan fingerprint density at radius 3 is 2.19 bits per heavy atom. The summed E-state index contributed by atoms with van der Waals surface area (Å²) in [7, 11) is -3.35. The minimum atomic E-state index is -3.35. The van der Waals surface area contributed by atoms with Crippen LogP contribution in [0.3, 0.4) is 0 Å². The maximum absolute atomic E-state index is 13.2. The number of rotatable bonds is 6. The number of nitrogens with one attached hydrogen (secondary N) is 1. The van der Waals surface area contributed by atoms with Crippen LogP contribution in [-0.4, -0.2) is 20.6 Å². The molecule has 0 spiro atoms. The van der Waals surface area contributed by atoms with E-state index < -0.39 is 15.7 Å². The summed E-state index contributed by atoms with van der Waals surface area (Å²) in [5.74, 6) is -0.469. The Hall–Kier alpha value is -2.60. The number of hydrogen-bond donors (Lipinski definition) is 1. The van der Waals surface area contributed by atoms with Gasteiger partial charge in [-0.1, -0.05) is 77.1 Å². The van der Waals surface area contributed by atoms with Crippen molar-refractivity contribution in [3.8, 4) is 0 Å². The summed E-state index contributed by atoms with van der Waals surface area (Å²) < 4.78 is 29.8. The zero-order valence-corrected chi connectivity index (χ0v) is 19.8. The lowest BCUT2D eigenvalue weighted by Crippen LogP contribution is -2.32.